The number of amides is 2. The van der Waals surface area contributed by atoms with Gasteiger partial charge >= 0.3 is 0 Å². The van der Waals surface area contributed by atoms with Gasteiger partial charge in [-0.15, -0.1) is 0 Å². The van der Waals surface area contributed by atoms with Crippen LogP contribution in [0.2, 0.25) is 0 Å². The molecule has 1 aliphatic rings. The van der Waals surface area contributed by atoms with Crippen LogP contribution in [0.25, 0.3) is 17.0 Å². The average Bonchev–Trinajstić information content (AvgIpc) is 3.04. The second-order valence-electron chi connectivity index (χ2n) is 7.25. The normalized spacial score (nSPS) is 13.9. The lowest BCUT2D eigenvalue weighted by molar-refractivity contribution is -0.125. The largest absolute Gasteiger partial charge is 0.459 e. The van der Waals surface area contributed by atoms with Crippen molar-refractivity contribution in [1.29, 1.82) is 0 Å². The predicted molar refractivity (Wildman–Crippen MR) is 112 cm³/mol. The van der Waals surface area contributed by atoms with E-state index in [0.29, 0.717) is 25.2 Å². The van der Waals surface area contributed by atoms with E-state index >= 15 is 0 Å². The minimum absolute atomic E-state index is 0.0361. The summed E-state index contributed by atoms with van der Waals surface area (Å²) in [6, 6.07) is 9.80. The van der Waals surface area contributed by atoms with Crippen molar-refractivity contribution in [2.45, 2.75) is 26.3 Å². The fourth-order valence-corrected chi connectivity index (χ4v) is 3.50. The maximum Gasteiger partial charge on any atom is 0.246 e. The first-order chi connectivity index (χ1) is 13.9. The molecule has 3 heterocycles. The number of para-hydroxylation sites is 1. The van der Waals surface area contributed by atoms with Crippen LogP contribution in [-0.4, -0.2) is 28.7 Å². The molecule has 2 amide bonds. The molecule has 3 aromatic rings. The summed E-state index contributed by atoms with van der Waals surface area (Å²) in [5, 5.41) is 1.07. The van der Waals surface area contributed by atoms with Gasteiger partial charge in [0, 0.05) is 43.7 Å². The van der Waals surface area contributed by atoms with Gasteiger partial charge in [0.05, 0.1) is 6.54 Å². The molecule has 0 saturated heterocycles. The number of carbonyl (C=O) groups excluding carboxylic acids is 2. The molecule has 0 atom stereocenters. The zero-order valence-corrected chi connectivity index (χ0v) is 16.5. The highest BCUT2D eigenvalue weighted by Gasteiger charge is 2.22. The van der Waals surface area contributed by atoms with E-state index in [1.807, 2.05) is 37.3 Å². The topological polar surface area (TPSA) is 66.7 Å². The maximum absolute atomic E-state index is 12.5. The molecule has 6 heteroatoms. The zero-order valence-electron chi connectivity index (χ0n) is 16.5. The van der Waals surface area contributed by atoms with Gasteiger partial charge in [-0.1, -0.05) is 18.2 Å². The Morgan fingerprint density at radius 3 is 2.93 bits per heavy atom. The van der Waals surface area contributed by atoms with Crippen molar-refractivity contribution in [2.75, 3.05) is 11.9 Å². The molecule has 1 aromatic carbocycles. The van der Waals surface area contributed by atoms with Gasteiger partial charge in [-0.2, -0.15) is 0 Å². The van der Waals surface area contributed by atoms with Crippen LogP contribution in [0.4, 0.5) is 5.82 Å². The Balaban J connectivity index is 1.46. The standard InChI is InChI=1S/C23H22N3O3/c1-15-18-6-4-5-7-19(18)29-20(15)14-25(2)21(27)10-8-16-12-17-9-11-22(28)26(3)23(17)24-13-16/h4-8,10,12-13H,3,9,11,14H2,1-2H3/b10-8+. The van der Waals surface area contributed by atoms with Crippen LogP contribution in [0.3, 0.4) is 0 Å². The number of furan rings is 1. The van der Waals surface area contributed by atoms with Gasteiger partial charge in [0.2, 0.25) is 11.8 Å². The monoisotopic (exact) mass is 388 g/mol. The molecule has 6 nitrogen and oxygen atoms in total. The Morgan fingerprint density at radius 2 is 2.14 bits per heavy atom. The Labute approximate surface area is 169 Å². The number of pyridine rings is 1. The molecular formula is C23H22N3O3. The fourth-order valence-electron chi connectivity index (χ4n) is 3.50. The summed E-state index contributed by atoms with van der Waals surface area (Å²) in [5.41, 5.74) is 3.65. The van der Waals surface area contributed by atoms with E-state index in [1.54, 1.807) is 24.2 Å². The van der Waals surface area contributed by atoms with E-state index in [0.717, 1.165) is 33.4 Å². The number of nitrogens with zero attached hydrogens (tertiary/aromatic N) is 3. The molecule has 0 aliphatic carbocycles. The van der Waals surface area contributed by atoms with E-state index in [-0.39, 0.29) is 11.8 Å². The van der Waals surface area contributed by atoms with Crippen molar-refractivity contribution in [3.05, 3.63) is 72.1 Å². The van der Waals surface area contributed by atoms with E-state index < -0.39 is 0 Å². The summed E-state index contributed by atoms with van der Waals surface area (Å²) in [4.78, 5) is 31.5. The Bertz CT molecular complexity index is 1130. The third-order valence-corrected chi connectivity index (χ3v) is 5.25. The number of fused-ring (bicyclic) bond motifs is 2. The van der Waals surface area contributed by atoms with Crippen LogP contribution in [0.15, 0.2) is 47.0 Å². The van der Waals surface area contributed by atoms with Crippen LogP contribution in [0.1, 0.15) is 28.9 Å². The summed E-state index contributed by atoms with van der Waals surface area (Å²) in [6.07, 6.45) is 5.96. The number of benzene rings is 1. The maximum atomic E-state index is 12.5. The van der Waals surface area contributed by atoms with Gasteiger partial charge in [-0.25, -0.2) is 4.98 Å². The lowest BCUT2D eigenvalue weighted by Crippen LogP contribution is -2.30. The first-order valence-corrected chi connectivity index (χ1v) is 9.46. The number of hydrogen-bond acceptors (Lipinski definition) is 4. The number of aryl methyl sites for hydroxylation is 2. The van der Waals surface area contributed by atoms with Gasteiger partial charge in [-0.3, -0.25) is 14.5 Å². The second-order valence-corrected chi connectivity index (χ2v) is 7.25. The Kier molecular flexibility index (Phi) is 4.92. The van der Waals surface area contributed by atoms with Crippen molar-refractivity contribution in [3.8, 4) is 0 Å². The Hall–Kier alpha value is -3.41. The molecule has 0 N–H and O–H groups in total. The van der Waals surface area contributed by atoms with E-state index in [1.165, 1.54) is 11.0 Å². The van der Waals surface area contributed by atoms with Crippen LogP contribution in [0.5, 0.6) is 0 Å². The van der Waals surface area contributed by atoms with Crippen molar-refractivity contribution >= 4 is 34.7 Å². The molecule has 0 unspecified atom stereocenters. The highest BCUT2D eigenvalue weighted by Crippen LogP contribution is 2.27. The Morgan fingerprint density at radius 1 is 1.34 bits per heavy atom. The summed E-state index contributed by atoms with van der Waals surface area (Å²) in [7, 11) is 5.49. The fraction of sp³-hybridized carbons (Fsp3) is 0.217. The van der Waals surface area contributed by atoms with Crippen molar-refractivity contribution in [2.24, 2.45) is 0 Å². The summed E-state index contributed by atoms with van der Waals surface area (Å²) in [6.45, 7) is 2.40. The lowest BCUT2D eigenvalue weighted by Gasteiger charge is -2.24. The minimum atomic E-state index is -0.128. The number of likely N-dealkylation sites (N-methyl/N-ethyl adjacent to an activating group) is 1. The van der Waals surface area contributed by atoms with Crippen LogP contribution in [0, 0.1) is 14.0 Å². The molecule has 2 aromatic heterocycles. The second kappa shape index (κ2) is 7.54. The number of anilines is 1. The number of carbonyl (C=O) groups is 2. The van der Waals surface area contributed by atoms with Crippen LogP contribution in [-0.2, 0) is 22.6 Å². The highest BCUT2D eigenvalue weighted by molar-refractivity contribution is 5.96. The van der Waals surface area contributed by atoms with Crippen molar-refractivity contribution in [3.63, 3.8) is 0 Å². The van der Waals surface area contributed by atoms with Gasteiger partial charge in [0.15, 0.2) is 0 Å². The first kappa shape index (κ1) is 18.9. The molecule has 147 valence electrons. The summed E-state index contributed by atoms with van der Waals surface area (Å²) in [5.74, 6) is 1.20. The zero-order chi connectivity index (χ0) is 20.5. The van der Waals surface area contributed by atoms with Crippen LogP contribution >= 0.6 is 0 Å². The van der Waals surface area contributed by atoms with Crippen molar-refractivity contribution in [1.82, 2.24) is 9.88 Å². The smallest absolute Gasteiger partial charge is 0.246 e. The predicted octanol–water partition coefficient (Wildman–Crippen LogP) is 3.88. The number of aromatic nitrogens is 1. The number of hydrogen-bond donors (Lipinski definition) is 0. The highest BCUT2D eigenvalue weighted by atomic mass is 16.3. The molecule has 0 bridgehead atoms. The summed E-state index contributed by atoms with van der Waals surface area (Å²) < 4.78 is 5.90. The molecule has 0 spiro atoms. The molecule has 4 rings (SSSR count). The average molecular weight is 388 g/mol. The summed E-state index contributed by atoms with van der Waals surface area (Å²) >= 11 is 0. The van der Waals surface area contributed by atoms with E-state index in [2.05, 4.69) is 12.0 Å². The van der Waals surface area contributed by atoms with Crippen LogP contribution < -0.4 is 4.90 Å². The lowest BCUT2D eigenvalue weighted by atomic mass is 10.0. The minimum Gasteiger partial charge on any atom is -0.459 e. The molecule has 0 saturated carbocycles. The van der Waals surface area contributed by atoms with Gasteiger partial charge in [-0.05, 0) is 42.7 Å². The quantitative estimate of drug-likeness (QED) is 0.636. The third kappa shape index (κ3) is 3.66. The first-order valence-electron chi connectivity index (χ1n) is 9.46. The molecule has 29 heavy (non-hydrogen) atoms. The van der Waals surface area contributed by atoms with Gasteiger partial charge in [0.1, 0.15) is 17.2 Å². The number of rotatable bonds is 4. The SMILES string of the molecule is [CH2]N1C(=O)CCc2cc(/C=C/C(=O)N(C)Cc3oc4ccccc4c3C)cnc21. The molecule has 1 aliphatic heterocycles. The molecular weight excluding hydrogens is 366 g/mol. The molecule has 1 radical (unpaired) electrons. The van der Waals surface area contributed by atoms with Crippen molar-refractivity contribution < 1.29 is 14.0 Å². The molecule has 0 fully saturated rings. The van der Waals surface area contributed by atoms with E-state index in [4.69, 9.17) is 4.42 Å². The van der Waals surface area contributed by atoms with Gasteiger partial charge < -0.3 is 9.32 Å². The van der Waals surface area contributed by atoms with E-state index in [9.17, 15) is 9.59 Å². The van der Waals surface area contributed by atoms with Gasteiger partial charge in [0.25, 0.3) is 0 Å². The third-order valence-electron chi connectivity index (χ3n) is 5.25.